The zero-order valence-electron chi connectivity index (χ0n) is 19.9. The topological polar surface area (TPSA) is 58.9 Å². The van der Waals surface area contributed by atoms with Crippen LogP contribution in [0.5, 0.6) is 23.0 Å². The molecule has 5 heteroatoms. The van der Waals surface area contributed by atoms with E-state index in [-0.39, 0.29) is 18.3 Å². The molecular weight excluding hydrogens is 443 g/mol. The number of aromatic hydroxyl groups is 2. The fourth-order valence-corrected chi connectivity index (χ4v) is 7.01. The van der Waals surface area contributed by atoms with E-state index in [0.29, 0.717) is 22.6 Å². The maximum Gasteiger partial charge on any atom is 0.231 e. The van der Waals surface area contributed by atoms with E-state index >= 15 is 0 Å². The van der Waals surface area contributed by atoms with Gasteiger partial charge in [0.1, 0.15) is 0 Å². The van der Waals surface area contributed by atoms with E-state index in [4.69, 9.17) is 9.47 Å². The highest BCUT2D eigenvalue weighted by atomic mass is 31.1. The zero-order valence-corrected chi connectivity index (χ0v) is 20.8. The van der Waals surface area contributed by atoms with Gasteiger partial charge in [0, 0.05) is 11.1 Å². The second-order valence-electron chi connectivity index (χ2n) is 8.35. The number of phenols is 2. The van der Waals surface area contributed by atoms with Crippen LogP contribution in [0.15, 0.2) is 84.2 Å². The Hall–Kier alpha value is -3.49. The molecule has 174 valence electrons. The lowest BCUT2D eigenvalue weighted by atomic mass is 10.0. The van der Waals surface area contributed by atoms with Crippen LogP contribution in [0.1, 0.15) is 25.0 Å². The minimum absolute atomic E-state index is 0.120. The zero-order chi connectivity index (χ0) is 24.4. The molecule has 0 aliphatic carbocycles. The molecule has 4 nitrogen and oxygen atoms in total. The van der Waals surface area contributed by atoms with Crippen LogP contribution < -0.4 is 20.1 Å². The summed E-state index contributed by atoms with van der Waals surface area (Å²) in [5.74, 6) is 0.846. The number of benzene rings is 3. The summed E-state index contributed by atoms with van der Waals surface area (Å²) in [6.07, 6.45) is 6.08. The van der Waals surface area contributed by atoms with E-state index in [2.05, 4.69) is 50.8 Å². The average molecular weight is 473 g/mol. The number of ether oxygens (including phenoxy) is 2. The summed E-state index contributed by atoms with van der Waals surface area (Å²) in [6.45, 7) is 12.3. The molecule has 1 unspecified atom stereocenters. The molecule has 1 aliphatic heterocycles. The number of fused-ring (bicyclic) bond motifs is 1. The lowest BCUT2D eigenvalue weighted by Gasteiger charge is -2.25. The Labute approximate surface area is 202 Å². The molecule has 3 aromatic rings. The average Bonchev–Trinajstić information content (AvgIpc) is 3.29. The van der Waals surface area contributed by atoms with Crippen molar-refractivity contribution in [3.8, 4) is 34.1 Å². The van der Waals surface area contributed by atoms with Gasteiger partial charge in [-0.3, -0.25) is 0 Å². The predicted octanol–water partition coefficient (Wildman–Crippen LogP) is 6.58. The van der Waals surface area contributed by atoms with Crippen LogP contribution in [0.3, 0.4) is 0 Å². The maximum atomic E-state index is 11.2. The third-order valence-corrected chi connectivity index (χ3v) is 8.29. The highest BCUT2D eigenvalue weighted by Crippen LogP contribution is 2.52. The van der Waals surface area contributed by atoms with Crippen molar-refractivity contribution in [1.29, 1.82) is 0 Å². The Balaban J connectivity index is 2.06. The largest absolute Gasteiger partial charge is 0.504 e. The van der Waals surface area contributed by atoms with Gasteiger partial charge in [-0.1, -0.05) is 71.8 Å². The number of aryl methyl sites for hydroxylation is 2. The van der Waals surface area contributed by atoms with Gasteiger partial charge in [-0.2, -0.15) is 0 Å². The maximum absolute atomic E-state index is 11.2. The van der Waals surface area contributed by atoms with Crippen LogP contribution in [0.4, 0.5) is 0 Å². The molecule has 0 saturated carbocycles. The summed E-state index contributed by atoms with van der Waals surface area (Å²) in [4.78, 5) is 0. The molecule has 0 amide bonds. The summed E-state index contributed by atoms with van der Waals surface area (Å²) >= 11 is 0. The van der Waals surface area contributed by atoms with Gasteiger partial charge >= 0.3 is 0 Å². The predicted molar refractivity (Wildman–Crippen MR) is 141 cm³/mol. The Morgan fingerprint density at radius 1 is 1.03 bits per heavy atom. The minimum Gasteiger partial charge on any atom is -0.504 e. The van der Waals surface area contributed by atoms with Crippen molar-refractivity contribution >= 4 is 18.5 Å². The quantitative estimate of drug-likeness (QED) is 0.242. The van der Waals surface area contributed by atoms with Crippen molar-refractivity contribution in [2.24, 2.45) is 0 Å². The van der Waals surface area contributed by atoms with Crippen molar-refractivity contribution < 1.29 is 19.7 Å². The standard InChI is InChI=1S/C29H29O4P/c1-6-18(3)14-21(7-2)34(22-15-19(4)13-20(5)16-22)26-12-11-24(30)28(31)27(26)23-9-8-10-25-29(23)33-17-32-25/h6-16,30-31H,1,17H2,2-5H3/b18-14-,21-7+. The molecule has 0 radical (unpaired) electrons. The van der Waals surface area contributed by atoms with E-state index in [1.165, 1.54) is 11.1 Å². The number of allylic oxidation sites excluding steroid dienone is 5. The van der Waals surface area contributed by atoms with Crippen molar-refractivity contribution in [2.45, 2.75) is 27.7 Å². The number of phenolic OH excluding ortho intramolecular Hbond substituents is 2. The fourth-order valence-electron chi connectivity index (χ4n) is 4.22. The highest BCUT2D eigenvalue weighted by Gasteiger charge is 2.29. The van der Waals surface area contributed by atoms with E-state index in [1.54, 1.807) is 6.07 Å². The summed E-state index contributed by atoms with van der Waals surface area (Å²) in [6, 6.07) is 15.6. The molecule has 1 aliphatic rings. The second kappa shape index (κ2) is 9.79. The van der Waals surface area contributed by atoms with Gasteiger partial charge in [0.15, 0.2) is 23.0 Å². The van der Waals surface area contributed by atoms with E-state index < -0.39 is 7.92 Å². The Kier molecular flexibility index (Phi) is 6.81. The van der Waals surface area contributed by atoms with Gasteiger partial charge in [-0.05, 0) is 69.7 Å². The van der Waals surface area contributed by atoms with E-state index in [1.807, 2.05) is 44.2 Å². The monoisotopic (exact) mass is 472 g/mol. The normalized spacial score (nSPS) is 14.2. The molecule has 34 heavy (non-hydrogen) atoms. The van der Waals surface area contributed by atoms with E-state index in [0.717, 1.165) is 21.5 Å². The van der Waals surface area contributed by atoms with Crippen molar-refractivity contribution in [3.05, 3.63) is 95.4 Å². The third kappa shape index (κ3) is 4.47. The van der Waals surface area contributed by atoms with Crippen molar-refractivity contribution in [2.75, 3.05) is 6.79 Å². The summed E-state index contributed by atoms with van der Waals surface area (Å²) in [5.41, 5.74) is 4.63. The smallest absolute Gasteiger partial charge is 0.231 e. The molecule has 0 bridgehead atoms. The van der Waals surface area contributed by atoms with Crippen LogP contribution in [0.2, 0.25) is 0 Å². The molecule has 3 aromatic carbocycles. The molecule has 0 fully saturated rings. The van der Waals surface area contributed by atoms with Crippen LogP contribution in [-0.4, -0.2) is 17.0 Å². The Bertz CT molecular complexity index is 1300. The number of hydrogen-bond donors (Lipinski definition) is 2. The first kappa shape index (κ1) is 23.7. The van der Waals surface area contributed by atoms with Gasteiger partial charge in [0.25, 0.3) is 0 Å². The van der Waals surface area contributed by atoms with Gasteiger partial charge in [0.2, 0.25) is 6.79 Å². The molecule has 0 spiro atoms. The van der Waals surface area contributed by atoms with Crippen LogP contribution >= 0.6 is 7.92 Å². The minimum atomic E-state index is -1.10. The molecule has 1 atom stereocenters. The van der Waals surface area contributed by atoms with Crippen LogP contribution in [0.25, 0.3) is 11.1 Å². The second-order valence-corrected chi connectivity index (χ2v) is 10.5. The first-order chi connectivity index (χ1) is 16.3. The Morgan fingerprint density at radius 3 is 2.44 bits per heavy atom. The molecule has 0 aromatic heterocycles. The Morgan fingerprint density at radius 2 is 1.76 bits per heavy atom. The van der Waals surface area contributed by atoms with Crippen LogP contribution in [-0.2, 0) is 0 Å². The summed E-state index contributed by atoms with van der Waals surface area (Å²) < 4.78 is 11.4. The number of hydrogen-bond acceptors (Lipinski definition) is 4. The van der Waals surface area contributed by atoms with E-state index in [9.17, 15) is 10.2 Å². The van der Waals surface area contributed by atoms with Gasteiger partial charge < -0.3 is 19.7 Å². The number of rotatable bonds is 6. The molecular formula is C29H29O4P. The lowest BCUT2D eigenvalue weighted by Crippen LogP contribution is -2.16. The lowest BCUT2D eigenvalue weighted by molar-refractivity contribution is 0.174. The number of para-hydroxylation sites is 1. The van der Waals surface area contributed by atoms with Crippen molar-refractivity contribution in [1.82, 2.24) is 0 Å². The van der Waals surface area contributed by atoms with Gasteiger partial charge in [-0.15, -0.1) is 0 Å². The third-order valence-electron chi connectivity index (χ3n) is 5.76. The van der Waals surface area contributed by atoms with Crippen molar-refractivity contribution in [3.63, 3.8) is 0 Å². The molecule has 1 heterocycles. The molecule has 0 saturated heterocycles. The first-order valence-corrected chi connectivity index (χ1v) is 12.5. The molecule has 2 N–H and O–H groups in total. The summed E-state index contributed by atoms with van der Waals surface area (Å²) in [7, 11) is -1.10. The first-order valence-electron chi connectivity index (χ1n) is 11.1. The SMILES string of the molecule is C=C/C(C)=C\C(=C/C)P(c1cc(C)cc(C)c1)c1ccc(O)c(O)c1-c1cccc2c1OCO2. The van der Waals surface area contributed by atoms with Gasteiger partial charge in [-0.25, -0.2) is 0 Å². The van der Waals surface area contributed by atoms with Crippen LogP contribution in [0, 0.1) is 13.8 Å². The highest BCUT2D eigenvalue weighted by molar-refractivity contribution is 7.77. The molecule has 4 rings (SSSR count). The fraction of sp³-hybridized carbons (Fsp3) is 0.172. The summed E-state index contributed by atoms with van der Waals surface area (Å²) in [5, 5.41) is 24.9. The van der Waals surface area contributed by atoms with Gasteiger partial charge in [0.05, 0.1) is 0 Å².